The van der Waals surface area contributed by atoms with E-state index in [9.17, 15) is 13.6 Å². The Hall–Kier alpha value is -1.35. The maximum absolute atomic E-state index is 13.1. The van der Waals surface area contributed by atoms with Gasteiger partial charge in [0.25, 0.3) is 5.92 Å². The molecular weight excluding hydrogens is 393 g/mol. The summed E-state index contributed by atoms with van der Waals surface area (Å²) in [6, 6.07) is 2.52. The Morgan fingerprint density at radius 3 is 2.68 bits per heavy atom. The number of rotatable bonds is 4. The summed E-state index contributed by atoms with van der Waals surface area (Å²) in [6.07, 6.45) is 2.91. The molecule has 3 heterocycles. The highest BCUT2D eigenvalue weighted by molar-refractivity contribution is 7.10. The fourth-order valence-electron chi connectivity index (χ4n) is 2.42. The third-order valence-corrected chi connectivity index (χ3v) is 4.68. The van der Waals surface area contributed by atoms with E-state index in [-0.39, 0.29) is 30.9 Å². The summed E-state index contributed by atoms with van der Waals surface area (Å²) in [6.45, 7) is 1.34. The van der Waals surface area contributed by atoms with Gasteiger partial charge in [0.05, 0.1) is 24.3 Å². The minimum absolute atomic E-state index is 0. The predicted molar refractivity (Wildman–Crippen MR) is 97.8 cm³/mol. The second kappa shape index (κ2) is 8.84. The molecule has 10 heteroatoms. The molecule has 1 saturated heterocycles. The molecule has 1 amide bonds. The fraction of sp³-hybridized carbons (Fsp3) is 0.400. The summed E-state index contributed by atoms with van der Waals surface area (Å²) in [5.74, 6) is -3.24. The number of carbonyl (C=O) groups excluding carboxylic acids is 1. The van der Waals surface area contributed by atoms with Gasteiger partial charge in [-0.25, -0.2) is 13.8 Å². The van der Waals surface area contributed by atoms with E-state index < -0.39 is 30.8 Å². The Kier molecular flexibility index (Phi) is 7.67. The number of halogens is 4. The van der Waals surface area contributed by atoms with Crippen LogP contribution in [0.3, 0.4) is 0 Å². The summed E-state index contributed by atoms with van der Waals surface area (Å²) in [5, 5.41) is 7.92. The minimum atomic E-state index is -2.82. The number of thiazole rings is 1. The van der Waals surface area contributed by atoms with E-state index in [1.807, 2.05) is 17.5 Å². The second-order valence-corrected chi connectivity index (χ2v) is 6.42. The summed E-state index contributed by atoms with van der Waals surface area (Å²) in [4.78, 5) is 20.5. The highest BCUT2D eigenvalue weighted by Crippen LogP contribution is 2.27. The third kappa shape index (κ3) is 5.31. The topological polar surface area (TPSA) is 66.9 Å². The largest absolute Gasteiger partial charge is 0.346 e. The lowest BCUT2D eigenvalue weighted by Gasteiger charge is -2.15. The number of pyridine rings is 1. The highest BCUT2D eigenvalue weighted by Gasteiger charge is 2.42. The molecule has 1 fully saturated rings. The SMILES string of the molecule is CC(NC(=O)C1CC(F)(F)CN1)c1nc(-c2ccncc2)cs1.Cl.Cl. The normalized spacial score (nSPS) is 19.4. The molecule has 5 nitrogen and oxygen atoms in total. The van der Waals surface area contributed by atoms with Crippen LogP contribution in [-0.2, 0) is 4.79 Å². The Bertz CT molecular complexity index is 702. The van der Waals surface area contributed by atoms with Crippen LogP contribution < -0.4 is 10.6 Å². The lowest BCUT2D eigenvalue weighted by Crippen LogP contribution is -2.41. The quantitative estimate of drug-likeness (QED) is 0.811. The molecule has 0 saturated carbocycles. The Labute approximate surface area is 160 Å². The van der Waals surface area contributed by atoms with E-state index in [2.05, 4.69) is 20.6 Å². The van der Waals surface area contributed by atoms with Gasteiger partial charge in [-0.3, -0.25) is 15.1 Å². The van der Waals surface area contributed by atoms with Crippen molar-refractivity contribution in [3.63, 3.8) is 0 Å². The van der Waals surface area contributed by atoms with Crippen LogP contribution >= 0.6 is 36.2 Å². The van der Waals surface area contributed by atoms with Crippen LogP contribution in [0.5, 0.6) is 0 Å². The first-order valence-corrected chi connectivity index (χ1v) is 8.10. The van der Waals surface area contributed by atoms with E-state index in [1.54, 1.807) is 19.3 Å². The number of aromatic nitrogens is 2. The van der Waals surface area contributed by atoms with E-state index in [0.717, 1.165) is 16.3 Å². The van der Waals surface area contributed by atoms with E-state index in [4.69, 9.17) is 0 Å². The van der Waals surface area contributed by atoms with Gasteiger partial charge in [0.1, 0.15) is 5.01 Å². The van der Waals surface area contributed by atoms with Gasteiger partial charge in [0.15, 0.2) is 0 Å². The molecule has 0 spiro atoms. The number of carbonyl (C=O) groups is 1. The maximum Gasteiger partial charge on any atom is 0.262 e. The molecule has 0 bridgehead atoms. The number of hydrogen-bond donors (Lipinski definition) is 2. The number of nitrogens with one attached hydrogen (secondary N) is 2. The minimum Gasteiger partial charge on any atom is -0.346 e. The molecule has 0 radical (unpaired) electrons. The molecule has 1 aliphatic rings. The molecule has 1 aliphatic heterocycles. The smallest absolute Gasteiger partial charge is 0.262 e. The van der Waals surface area contributed by atoms with Crippen LogP contribution in [0.2, 0.25) is 0 Å². The van der Waals surface area contributed by atoms with Crippen LogP contribution in [0, 0.1) is 0 Å². The zero-order chi connectivity index (χ0) is 16.4. The molecule has 3 rings (SSSR count). The Morgan fingerprint density at radius 2 is 2.08 bits per heavy atom. The van der Waals surface area contributed by atoms with Crippen LogP contribution in [0.25, 0.3) is 11.3 Å². The van der Waals surface area contributed by atoms with E-state index >= 15 is 0 Å². The fourth-order valence-corrected chi connectivity index (χ4v) is 3.25. The van der Waals surface area contributed by atoms with Crippen LogP contribution in [-0.4, -0.2) is 34.4 Å². The van der Waals surface area contributed by atoms with Crippen molar-refractivity contribution in [2.75, 3.05) is 6.54 Å². The van der Waals surface area contributed by atoms with Crippen molar-refractivity contribution < 1.29 is 13.6 Å². The average molecular weight is 411 g/mol. The number of nitrogens with zero attached hydrogens (tertiary/aromatic N) is 2. The van der Waals surface area contributed by atoms with Crippen molar-refractivity contribution in [3.8, 4) is 11.3 Å². The van der Waals surface area contributed by atoms with Crippen molar-refractivity contribution in [1.29, 1.82) is 0 Å². The molecule has 2 atom stereocenters. The van der Waals surface area contributed by atoms with Gasteiger partial charge in [-0.05, 0) is 19.1 Å². The Morgan fingerprint density at radius 1 is 1.40 bits per heavy atom. The van der Waals surface area contributed by atoms with E-state index in [1.165, 1.54) is 11.3 Å². The summed E-state index contributed by atoms with van der Waals surface area (Å²) in [7, 11) is 0. The van der Waals surface area contributed by atoms with Gasteiger partial charge in [0, 0.05) is 29.8 Å². The monoisotopic (exact) mass is 410 g/mol. The zero-order valence-electron chi connectivity index (χ0n) is 13.2. The van der Waals surface area contributed by atoms with Crippen LogP contribution in [0.1, 0.15) is 24.4 Å². The third-order valence-electron chi connectivity index (χ3n) is 3.65. The van der Waals surface area contributed by atoms with Gasteiger partial charge in [-0.15, -0.1) is 36.2 Å². The molecule has 138 valence electrons. The molecular formula is C15H18Cl2F2N4OS. The average Bonchev–Trinajstić information content (AvgIpc) is 3.15. The molecule has 2 N–H and O–H groups in total. The predicted octanol–water partition coefficient (Wildman–Crippen LogP) is 3.22. The maximum atomic E-state index is 13.1. The first-order valence-electron chi connectivity index (χ1n) is 7.22. The lowest BCUT2D eigenvalue weighted by molar-refractivity contribution is -0.124. The zero-order valence-corrected chi connectivity index (χ0v) is 15.7. The van der Waals surface area contributed by atoms with Crippen molar-refractivity contribution in [3.05, 3.63) is 34.9 Å². The van der Waals surface area contributed by atoms with Crippen molar-refractivity contribution >= 4 is 42.1 Å². The molecule has 2 aromatic heterocycles. The van der Waals surface area contributed by atoms with Crippen LogP contribution in [0.4, 0.5) is 8.78 Å². The van der Waals surface area contributed by atoms with Crippen molar-refractivity contribution in [1.82, 2.24) is 20.6 Å². The van der Waals surface area contributed by atoms with Gasteiger partial charge in [-0.1, -0.05) is 0 Å². The van der Waals surface area contributed by atoms with Gasteiger partial charge < -0.3 is 5.32 Å². The molecule has 0 aliphatic carbocycles. The number of alkyl halides is 2. The second-order valence-electron chi connectivity index (χ2n) is 5.53. The van der Waals surface area contributed by atoms with Crippen molar-refractivity contribution in [2.24, 2.45) is 0 Å². The van der Waals surface area contributed by atoms with Gasteiger partial charge in [-0.2, -0.15) is 0 Å². The van der Waals surface area contributed by atoms with Gasteiger partial charge in [0.2, 0.25) is 5.91 Å². The standard InChI is InChI=1S/C15H16F2N4OS.2ClH/c1-9(20-13(22)11-6-15(16,17)8-19-11)14-21-12(7-23-14)10-2-4-18-5-3-10;;/h2-5,7,9,11,19H,6,8H2,1H3,(H,20,22);2*1H. The van der Waals surface area contributed by atoms with Gasteiger partial charge >= 0.3 is 0 Å². The Balaban J connectivity index is 0.00000156. The first kappa shape index (κ1) is 21.7. The highest BCUT2D eigenvalue weighted by atomic mass is 35.5. The van der Waals surface area contributed by atoms with Crippen molar-refractivity contribution in [2.45, 2.75) is 31.4 Å². The first-order chi connectivity index (χ1) is 10.9. The summed E-state index contributed by atoms with van der Waals surface area (Å²) in [5.41, 5.74) is 1.75. The molecule has 25 heavy (non-hydrogen) atoms. The molecule has 2 unspecified atom stereocenters. The lowest BCUT2D eigenvalue weighted by atomic mass is 10.1. The summed E-state index contributed by atoms with van der Waals surface area (Å²) >= 11 is 1.42. The number of hydrogen-bond acceptors (Lipinski definition) is 5. The molecule has 2 aromatic rings. The van der Waals surface area contributed by atoms with Crippen LogP contribution in [0.15, 0.2) is 29.9 Å². The summed E-state index contributed by atoms with van der Waals surface area (Å²) < 4.78 is 26.3. The number of amides is 1. The van der Waals surface area contributed by atoms with E-state index in [0.29, 0.717) is 0 Å². The molecule has 0 aromatic carbocycles.